The van der Waals surface area contributed by atoms with E-state index in [1.807, 2.05) is 19.9 Å². The predicted octanol–water partition coefficient (Wildman–Crippen LogP) is 4.31. The number of carbonyl (C=O) groups is 1. The average molecular weight is 418 g/mol. The van der Waals surface area contributed by atoms with Gasteiger partial charge in [-0.3, -0.25) is 4.79 Å². The molecule has 2 rings (SSSR count). The van der Waals surface area contributed by atoms with Crippen molar-refractivity contribution in [3.05, 3.63) is 45.2 Å². The van der Waals surface area contributed by atoms with Crippen molar-refractivity contribution in [2.75, 3.05) is 13.2 Å². The molecular weight excluding hydrogens is 398 g/mol. The Bertz CT molecular complexity index is 894. The van der Waals surface area contributed by atoms with Crippen LogP contribution in [0.15, 0.2) is 28.2 Å². The van der Waals surface area contributed by atoms with E-state index in [-0.39, 0.29) is 5.57 Å². The minimum absolute atomic E-state index is 0.0188. The Morgan fingerprint density at radius 1 is 1.27 bits per heavy atom. The van der Waals surface area contributed by atoms with Crippen LogP contribution in [0.4, 0.5) is 0 Å². The van der Waals surface area contributed by atoms with Crippen molar-refractivity contribution in [3.8, 4) is 17.6 Å². The molecule has 0 aliphatic heterocycles. The van der Waals surface area contributed by atoms with Crippen LogP contribution >= 0.6 is 15.9 Å². The van der Waals surface area contributed by atoms with Crippen LogP contribution in [0.25, 0.3) is 6.08 Å². The van der Waals surface area contributed by atoms with Crippen LogP contribution in [0.3, 0.4) is 0 Å². The lowest BCUT2D eigenvalue weighted by Gasteiger charge is -2.13. The van der Waals surface area contributed by atoms with Gasteiger partial charge in [0.1, 0.15) is 11.6 Å². The molecule has 0 N–H and O–H groups in total. The SMILES string of the molecule is CCOc1cc(/C=C(\C#N)C(=O)n2nc(C)cc2C)cc(Br)c1OCC. The number of ether oxygens (including phenoxy) is 2. The van der Waals surface area contributed by atoms with Gasteiger partial charge in [-0.1, -0.05) is 0 Å². The highest BCUT2D eigenvalue weighted by atomic mass is 79.9. The van der Waals surface area contributed by atoms with E-state index in [1.54, 1.807) is 32.0 Å². The van der Waals surface area contributed by atoms with Gasteiger partial charge in [-0.25, -0.2) is 4.68 Å². The van der Waals surface area contributed by atoms with Crippen molar-refractivity contribution < 1.29 is 14.3 Å². The Labute approximate surface area is 161 Å². The van der Waals surface area contributed by atoms with Gasteiger partial charge in [-0.2, -0.15) is 10.4 Å². The maximum absolute atomic E-state index is 12.6. The molecule has 6 nitrogen and oxygen atoms in total. The molecule has 1 aromatic heterocycles. The zero-order valence-corrected chi connectivity index (χ0v) is 16.8. The number of hydrogen-bond acceptors (Lipinski definition) is 5. The fourth-order valence-electron chi connectivity index (χ4n) is 2.48. The number of aryl methyl sites for hydroxylation is 2. The summed E-state index contributed by atoms with van der Waals surface area (Å²) < 4.78 is 13.1. The van der Waals surface area contributed by atoms with E-state index < -0.39 is 5.91 Å². The van der Waals surface area contributed by atoms with Crippen LogP contribution in [0.2, 0.25) is 0 Å². The number of allylic oxidation sites excluding steroid dienone is 1. The number of carbonyl (C=O) groups excluding carboxylic acids is 1. The minimum Gasteiger partial charge on any atom is -0.490 e. The molecule has 1 heterocycles. The lowest BCUT2D eigenvalue weighted by atomic mass is 10.1. The minimum atomic E-state index is -0.471. The molecule has 2 aromatic rings. The molecular formula is C19H20BrN3O3. The summed E-state index contributed by atoms with van der Waals surface area (Å²) in [7, 11) is 0. The Kier molecular flexibility index (Phi) is 6.58. The lowest BCUT2D eigenvalue weighted by molar-refractivity contribution is 0.0943. The second-order valence-electron chi connectivity index (χ2n) is 5.51. The highest BCUT2D eigenvalue weighted by molar-refractivity contribution is 9.10. The number of nitrogens with zero attached hydrogens (tertiary/aromatic N) is 3. The van der Waals surface area contributed by atoms with Crippen molar-refractivity contribution >= 4 is 27.9 Å². The van der Waals surface area contributed by atoms with E-state index in [2.05, 4.69) is 21.0 Å². The number of nitriles is 1. The number of aromatic nitrogens is 2. The van der Waals surface area contributed by atoms with Crippen LogP contribution in [0.1, 0.15) is 35.6 Å². The van der Waals surface area contributed by atoms with Crippen LogP contribution in [-0.4, -0.2) is 28.9 Å². The fraction of sp³-hybridized carbons (Fsp3) is 0.316. The van der Waals surface area contributed by atoms with Crippen molar-refractivity contribution in [2.45, 2.75) is 27.7 Å². The van der Waals surface area contributed by atoms with Gasteiger partial charge < -0.3 is 9.47 Å². The maximum Gasteiger partial charge on any atom is 0.289 e. The van der Waals surface area contributed by atoms with E-state index >= 15 is 0 Å². The maximum atomic E-state index is 12.6. The lowest BCUT2D eigenvalue weighted by Crippen LogP contribution is -2.15. The highest BCUT2D eigenvalue weighted by Crippen LogP contribution is 2.37. The van der Waals surface area contributed by atoms with E-state index in [0.717, 1.165) is 5.69 Å². The Morgan fingerprint density at radius 2 is 1.96 bits per heavy atom. The van der Waals surface area contributed by atoms with E-state index in [9.17, 15) is 10.1 Å². The van der Waals surface area contributed by atoms with Crippen molar-refractivity contribution in [3.63, 3.8) is 0 Å². The first kappa shape index (κ1) is 19.7. The molecule has 0 atom stereocenters. The van der Waals surface area contributed by atoms with Gasteiger partial charge in [0.2, 0.25) is 0 Å². The largest absolute Gasteiger partial charge is 0.490 e. The average Bonchev–Trinajstić information content (AvgIpc) is 2.93. The number of rotatable bonds is 6. The summed E-state index contributed by atoms with van der Waals surface area (Å²) >= 11 is 3.46. The van der Waals surface area contributed by atoms with Gasteiger partial charge in [0, 0.05) is 5.69 Å². The Morgan fingerprint density at radius 3 is 2.50 bits per heavy atom. The quantitative estimate of drug-likeness (QED) is 0.516. The smallest absolute Gasteiger partial charge is 0.289 e. The summed E-state index contributed by atoms with van der Waals surface area (Å²) in [5, 5.41) is 13.6. The first-order valence-electron chi connectivity index (χ1n) is 8.20. The van der Waals surface area contributed by atoms with E-state index in [4.69, 9.17) is 9.47 Å². The summed E-state index contributed by atoms with van der Waals surface area (Å²) in [5.41, 5.74) is 2.03. The van der Waals surface area contributed by atoms with Crippen LogP contribution in [0.5, 0.6) is 11.5 Å². The molecule has 0 amide bonds. The molecule has 0 aliphatic carbocycles. The van der Waals surface area contributed by atoms with Crippen LogP contribution in [0, 0.1) is 25.2 Å². The summed E-state index contributed by atoms with van der Waals surface area (Å²) in [5.74, 6) is 0.668. The summed E-state index contributed by atoms with van der Waals surface area (Å²) in [6.45, 7) is 8.29. The Balaban J connectivity index is 2.47. The van der Waals surface area contributed by atoms with E-state index in [1.165, 1.54) is 10.8 Å². The normalized spacial score (nSPS) is 11.2. The van der Waals surface area contributed by atoms with Crippen LogP contribution in [-0.2, 0) is 0 Å². The van der Waals surface area contributed by atoms with Gasteiger partial charge in [0.15, 0.2) is 11.5 Å². The molecule has 0 spiro atoms. The topological polar surface area (TPSA) is 77.1 Å². The summed E-state index contributed by atoms with van der Waals surface area (Å²) in [6.07, 6.45) is 1.52. The first-order chi connectivity index (χ1) is 12.4. The first-order valence-corrected chi connectivity index (χ1v) is 8.99. The number of benzene rings is 1. The van der Waals surface area contributed by atoms with Crippen molar-refractivity contribution in [1.82, 2.24) is 9.78 Å². The second kappa shape index (κ2) is 8.68. The third-order valence-corrected chi connectivity index (χ3v) is 4.07. The molecule has 0 bridgehead atoms. The predicted molar refractivity (Wildman–Crippen MR) is 102 cm³/mol. The van der Waals surface area contributed by atoms with Crippen molar-refractivity contribution in [2.24, 2.45) is 0 Å². The standard InChI is InChI=1S/C19H20BrN3O3/c1-5-25-17-10-14(9-16(20)18(17)26-6-2)8-15(11-21)19(24)23-13(4)7-12(3)22-23/h7-10H,5-6H2,1-4H3/b15-8+. The zero-order valence-electron chi connectivity index (χ0n) is 15.2. The van der Waals surface area contributed by atoms with Gasteiger partial charge in [0.05, 0.1) is 23.4 Å². The molecule has 0 unspecified atom stereocenters. The van der Waals surface area contributed by atoms with Crippen LogP contribution < -0.4 is 9.47 Å². The van der Waals surface area contributed by atoms with Gasteiger partial charge in [-0.05, 0) is 73.5 Å². The molecule has 0 radical (unpaired) electrons. The summed E-state index contributed by atoms with van der Waals surface area (Å²) in [6, 6.07) is 7.26. The number of hydrogen-bond donors (Lipinski definition) is 0. The van der Waals surface area contributed by atoms with Gasteiger partial charge >= 0.3 is 0 Å². The zero-order chi connectivity index (χ0) is 19.3. The molecule has 0 saturated carbocycles. The fourth-order valence-corrected chi connectivity index (χ4v) is 3.05. The van der Waals surface area contributed by atoms with Gasteiger partial charge in [0.25, 0.3) is 5.91 Å². The Hall–Kier alpha value is -2.59. The molecule has 0 fully saturated rings. The molecule has 136 valence electrons. The summed E-state index contributed by atoms with van der Waals surface area (Å²) in [4.78, 5) is 12.6. The van der Waals surface area contributed by atoms with Crippen molar-refractivity contribution in [1.29, 1.82) is 5.26 Å². The molecule has 7 heteroatoms. The third-order valence-electron chi connectivity index (χ3n) is 3.48. The molecule has 26 heavy (non-hydrogen) atoms. The van der Waals surface area contributed by atoms with E-state index in [0.29, 0.717) is 40.4 Å². The second-order valence-corrected chi connectivity index (χ2v) is 6.36. The molecule has 0 saturated heterocycles. The number of halogens is 1. The monoisotopic (exact) mass is 417 g/mol. The highest BCUT2D eigenvalue weighted by Gasteiger charge is 2.17. The van der Waals surface area contributed by atoms with Gasteiger partial charge in [-0.15, -0.1) is 0 Å². The third kappa shape index (κ3) is 4.33. The molecule has 1 aromatic carbocycles. The molecule has 0 aliphatic rings.